The number of hydrogen-bond donors (Lipinski definition) is 1. The second-order valence-corrected chi connectivity index (χ2v) is 4.43. The Balaban J connectivity index is 1.94. The van der Waals surface area contributed by atoms with E-state index < -0.39 is 0 Å². The van der Waals surface area contributed by atoms with E-state index in [1.165, 1.54) is 10.8 Å². The number of fused-ring (bicyclic) bond motifs is 3. The van der Waals surface area contributed by atoms with Crippen LogP contribution in [0.1, 0.15) is 0 Å². The van der Waals surface area contributed by atoms with Crippen LogP contribution in [-0.2, 0) is 0 Å². The third-order valence-electron chi connectivity index (χ3n) is 3.33. The van der Waals surface area contributed by atoms with Crippen molar-refractivity contribution < 1.29 is 4.42 Å². The first kappa shape index (κ1) is 9.59. The van der Waals surface area contributed by atoms with Crippen molar-refractivity contribution in [3.8, 4) is 0 Å². The van der Waals surface area contributed by atoms with Crippen molar-refractivity contribution >= 4 is 27.6 Å². The number of rotatable bonds is 1. The van der Waals surface area contributed by atoms with E-state index in [-0.39, 0.29) is 0 Å². The van der Waals surface area contributed by atoms with Gasteiger partial charge in [-0.1, -0.05) is 18.2 Å². The van der Waals surface area contributed by atoms with E-state index in [9.17, 15) is 0 Å². The highest BCUT2D eigenvalue weighted by molar-refractivity contribution is 6.05. The molecular weight excluding hydrogens is 224 g/mol. The van der Waals surface area contributed by atoms with Gasteiger partial charge in [0.15, 0.2) is 0 Å². The maximum atomic E-state index is 5.88. The SMILES string of the molecule is C1=CN(c2ccc3c(c2)oc2ccccc23)CN1. The predicted molar refractivity (Wildman–Crippen MR) is 73.3 cm³/mol. The zero-order valence-corrected chi connectivity index (χ0v) is 9.76. The summed E-state index contributed by atoms with van der Waals surface area (Å²) in [6, 6.07) is 14.5. The molecule has 0 saturated heterocycles. The van der Waals surface area contributed by atoms with Crippen molar-refractivity contribution in [1.29, 1.82) is 0 Å². The molecule has 3 heteroatoms. The number of anilines is 1. The topological polar surface area (TPSA) is 28.4 Å². The average molecular weight is 236 g/mol. The van der Waals surface area contributed by atoms with E-state index in [2.05, 4.69) is 34.5 Å². The Morgan fingerprint density at radius 1 is 1.00 bits per heavy atom. The average Bonchev–Trinajstić information content (AvgIpc) is 3.05. The molecule has 0 radical (unpaired) electrons. The maximum Gasteiger partial charge on any atom is 0.137 e. The number of furan rings is 1. The lowest BCUT2D eigenvalue weighted by molar-refractivity contribution is 0.669. The van der Waals surface area contributed by atoms with Gasteiger partial charge in [-0.15, -0.1) is 0 Å². The third kappa shape index (κ3) is 1.31. The van der Waals surface area contributed by atoms with Crippen LogP contribution in [0.5, 0.6) is 0 Å². The molecule has 0 amide bonds. The molecule has 3 nitrogen and oxygen atoms in total. The molecule has 0 saturated carbocycles. The van der Waals surface area contributed by atoms with Crippen LogP contribution in [0.2, 0.25) is 0 Å². The van der Waals surface area contributed by atoms with Gasteiger partial charge in [-0.25, -0.2) is 0 Å². The highest BCUT2D eigenvalue weighted by atomic mass is 16.3. The van der Waals surface area contributed by atoms with Crippen LogP contribution in [0.15, 0.2) is 59.3 Å². The molecule has 88 valence electrons. The summed E-state index contributed by atoms with van der Waals surface area (Å²) in [7, 11) is 0. The van der Waals surface area contributed by atoms with Gasteiger partial charge in [-0.2, -0.15) is 0 Å². The van der Waals surface area contributed by atoms with Gasteiger partial charge in [0.2, 0.25) is 0 Å². The van der Waals surface area contributed by atoms with Crippen LogP contribution in [-0.4, -0.2) is 6.67 Å². The first-order valence-corrected chi connectivity index (χ1v) is 6.00. The Kier molecular flexibility index (Phi) is 1.88. The molecule has 4 rings (SSSR count). The molecule has 0 atom stereocenters. The van der Waals surface area contributed by atoms with Crippen LogP contribution < -0.4 is 10.2 Å². The Morgan fingerprint density at radius 2 is 1.89 bits per heavy atom. The second kappa shape index (κ2) is 3.53. The number of para-hydroxylation sites is 1. The van der Waals surface area contributed by atoms with Gasteiger partial charge in [0.25, 0.3) is 0 Å². The van der Waals surface area contributed by atoms with Gasteiger partial charge in [0.1, 0.15) is 11.2 Å². The van der Waals surface area contributed by atoms with Crippen molar-refractivity contribution in [3.63, 3.8) is 0 Å². The summed E-state index contributed by atoms with van der Waals surface area (Å²) in [4.78, 5) is 2.15. The number of nitrogens with zero attached hydrogens (tertiary/aromatic N) is 1. The summed E-state index contributed by atoms with van der Waals surface area (Å²) in [5, 5.41) is 5.51. The molecule has 0 spiro atoms. The number of nitrogens with one attached hydrogen (secondary N) is 1. The fourth-order valence-electron chi connectivity index (χ4n) is 2.42. The van der Waals surface area contributed by atoms with Crippen molar-refractivity contribution in [1.82, 2.24) is 5.32 Å². The number of benzene rings is 2. The lowest BCUT2D eigenvalue weighted by Gasteiger charge is -2.14. The van der Waals surface area contributed by atoms with Crippen molar-refractivity contribution in [2.24, 2.45) is 0 Å². The van der Waals surface area contributed by atoms with E-state index in [1.54, 1.807) is 0 Å². The van der Waals surface area contributed by atoms with Crippen LogP contribution in [0.4, 0.5) is 5.69 Å². The maximum absolute atomic E-state index is 5.88. The van der Waals surface area contributed by atoms with Gasteiger partial charge in [-0.3, -0.25) is 0 Å². The minimum Gasteiger partial charge on any atom is -0.456 e. The molecule has 0 unspecified atom stereocenters. The lowest BCUT2D eigenvalue weighted by atomic mass is 10.1. The van der Waals surface area contributed by atoms with Crippen LogP contribution in [0, 0.1) is 0 Å². The summed E-state index contributed by atoms with van der Waals surface area (Å²) in [6.07, 6.45) is 3.98. The highest BCUT2D eigenvalue weighted by Gasteiger charge is 2.10. The standard InChI is InChI=1S/C15H12N2O/c1-2-4-14-12(3-1)13-6-5-11(9-15(13)18-14)17-8-7-16-10-17/h1-9,16H,10H2. The van der Waals surface area contributed by atoms with Gasteiger partial charge in [-0.05, 0) is 18.2 Å². The zero-order valence-electron chi connectivity index (χ0n) is 9.76. The lowest BCUT2D eigenvalue weighted by Crippen LogP contribution is -2.19. The van der Waals surface area contributed by atoms with Gasteiger partial charge >= 0.3 is 0 Å². The predicted octanol–water partition coefficient (Wildman–Crippen LogP) is 3.42. The normalized spacial score (nSPS) is 14.6. The van der Waals surface area contributed by atoms with E-state index >= 15 is 0 Å². The van der Waals surface area contributed by atoms with Crippen molar-refractivity contribution in [2.75, 3.05) is 11.6 Å². The van der Waals surface area contributed by atoms with Crippen molar-refractivity contribution in [2.45, 2.75) is 0 Å². The first-order chi connectivity index (χ1) is 8.92. The number of hydrogen-bond acceptors (Lipinski definition) is 3. The molecule has 1 aliphatic rings. The van der Waals surface area contributed by atoms with Crippen molar-refractivity contribution in [3.05, 3.63) is 54.9 Å². The van der Waals surface area contributed by atoms with Crippen LogP contribution in [0.3, 0.4) is 0 Å². The minimum atomic E-state index is 0.811. The Labute approximate surface area is 104 Å². The van der Waals surface area contributed by atoms with Gasteiger partial charge < -0.3 is 14.6 Å². The summed E-state index contributed by atoms with van der Waals surface area (Å²) >= 11 is 0. The smallest absolute Gasteiger partial charge is 0.137 e. The molecule has 0 aliphatic carbocycles. The van der Waals surface area contributed by atoms with Crippen LogP contribution in [0.25, 0.3) is 21.9 Å². The molecule has 18 heavy (non-hydrogen) atoms. The summed E-state index contributed by atoms with van der Waals surface area (Å²) in [6.45, 7) is 0.811. The largest absolute Gasteiger partial charge is 0.456 e. The summed E-state index contributed by atoms with van der Waals surface area (Å²) in [5.41, 5.74) is 3.02. The fourth-order valence-corrected chi connectivity index (χ4v) is 2.42. The van der Waals surface area contributed by atoms with Crippen LogP contribution >= 0.6 is 0 Å². The Bertz CT molecular complexity index is 757. The molecular formula is C15H12N2O. The molecule has 1 N–H and O–H groups in total. The summed E-state index contributed by atoms with van der Waals surface area (Å²) < 4.78 is 5.88. The molecule has 1 aromatic heterocycles. The quantitative estimate of drug-likeness (QED) is 0.701. The second-order valence-electron chi connectivity index (χ2n) is 4.43. The highest BCUT2D eigenvalue weighted by Crippen LogP contribution is 2.31. The Hall–Kier alpha value is -2.42. The van der Waals surface area contributed by atoms with E-state index in [0.29, 0.717) is 0 Å². The molecule has 0 fully saturated rings. The summed E-state index contributed by atoms with van der Waals surface area (Å²) in [5.74, 6) is 0. The van der Waals surface area contributed by atoms with E-state index in [1.807, 2.05) is 30.6 Å². The van der Waals surface area contributed by atoms with Gasteiger partial charge in [0.05, 0.1) is 6.67 Å². The molecule has 2 heterocycles. The third-order valence-corrected chi connectivity index (χ3v) is 3.33. The Morgan fingerprint density at radius 3 is 2.78 bits per heavy atom. The van der Waals surface area contributed by atoms with E-state index in [4.69, 9.17) is 4.42 Å². The molecule has 2 aromatic carbocycles. The fraction of sp³-hybridized carbons (Fsp3) is 0.0667. The van der Waals surface area contributed by atoms with Gasteiger partial charge in [0, 0.05) is 34.9 Å². The molecule has 1 aliphatic heterocycles. The molecule has 0 bridgehead atoms. The monoisotopic (exact) mass is 236 g/mol. The van der Waals surface area contributed by atoms with E-state index in [0.717, 1.165) is 23.5 Å². The minimum absolute atomic E-state index is 0.811. The first-order valence-electron chi connectivity index (χ1n) is 6.00. The molecule has 3 aromatic rings. The zero-order chi connectivity index (χ0) is 11.9.